The molecule has 1 atom stereocenters. The van der Waals surface area contributed by atoms with Crippen molar-refractivity contribution in [1.29, 1.82) is 0 Å². The Morgan fingerprint density at radius 2 is 1.92 bits per heavy atom. The lowest BCUT2D eigenvalue weighted by atomic mass is 10.2. The van der Waals surface area contributed by atoms with E-state index in [-0.39, 0.29) is 18.5 Å². The molecule has 0 bridgehead atoms. The van der Waals surface area contributed by atoms with E-state index in [0.717, 1.165) is 17.9 Å². The molecule has 134 valence electrons. The van der Waals surface area contributed by atoms with E-state index in [1.807, 2.05) is 38.1 Å². The van der Waals surface area contributed by atoms with Crippen LogP contribution in [-0.2, 0) is 16.1 Å². The summed E-state index contributed by atoms with van der Waals surface area (Å²) in [5.74, 6) is 1.25. The number of rotatable bonds is 9. The number of nitrogens with one attached hydrogen (secondary N) is 3. The topological polar surface area (TPSA) is 84.0 Å². The van der Waals surface area contributed by atoms with Gasteiger partial charge in [-0.1, -0.05) is 12.1 Å². The second-order valence-electron chi connectivity index (χ2n) is 5.32. The van der Waals surface area contributed by atoms with Gasteiger partial charge in [0, 0.05) is 26.2 Å². The first-order valence-electron chi connectivity index (χ1n) is 8.02. The number of amides is 1. The van der Waals surface area contributed by atoms with Crippen molar-refractivity contribution in [3.05, 3.63) is 29.8 Å². The Bertz CT molecular complexity index is 517. The molecule has 0 saturated heterocycles. The fourth-order valence-electron chi connectivity index (χ4n) is 2.00. The minimum absolute atomic E-state index is 0.0607. The van der Waals surface area contributed by atoms with E-state index in [0.29, 0.717) is 19.1 Å². The Kier molecular flexibility index (Phi) is 9.29. The fraction of sp³-hybridized carbons (Fsp3) is 0.529. The smallest absolute Gasteiger partial charge is 0.242 e. The summed E-state index contributed by atoms with van der Waals surface area (Å²) in [6, 6.07) is 7.67. The molecule has 24 heavy (non-hydrogen) atoms. The van der Waals surface area contributed by atoms with Crippen molar-refractivity contribution in [3.8, 4) is 5.75 Å². The van der Waals surface area contributed by atoms with E-state index in [1.165, 1.54) is 0 Å². The number of aliphatic imine (C=N–C) groups is 1. The number of benzene rings is 1. The highest BCUT2D eigenvalue weighted by molar-refractivity contribution is 5.85. The van der Waals surface area contributed by atoms with Gasteiger partial charge in [-0.2, -0.15) is 0 Å². The second kappa shape index (κ2) is 11.3. The molecule has 7 nitrogen and oxygen atoms in total. The molecule has 0 fully saturated rings. The molecule has 0 radical (unpaired) electrons. The minimum atomic E-state index is -0.137. The third-order valence-electron chi connectivity index (χ3n) is 3.17. The first-order chi connectivity index (χ1) is 11.6. The van der Waals surface area contributed by atoms with E-state index in [4.69, 9.17) is 9.47 Å². The Morgan fingerprint density at radius 3 is 2.50 bits per heavy atom. The number of carbonyl (C=O) groups excluding carboxylic acids is 1. The van der Waals surface area contributed by atoms with Crippen LogP contribution >= 0.6 is 0 Å². The lowest BCUT2D eigenvalue weighted by molar-refractivity contribution is -0.119. The quantitative estimate of drug-likeness (QED) is 0.461. The molecule has 1 unspecified atom stereocenters. The van der Waals surface area contributed by atoms with Crippen molar-refractivity contribution in [2.24, 2.45) is 4.99 Å². The fourth-order valence-corrected chi connectivity index (χ4v) is 2.00. The normalized spacial score (nSPS) is 12.4. The molecule has 0 saturated carbocycles. The van der Waals surface area contributed by atoms with Crippen LogP contribution in [0.3, 0.4) is 0 Å². The summed E-state index contributed by atoms with van der Waals surface area (Å²) in [4.78, 5) is 16.2. The van der Waals surface area contributed by atoms with Gasteiger partial charge in [-0.3, -0.25) is 4.79 Å². The molecule has 7 heteroatoms. The Hall–Kier alpha value is -2.28. The molecule has 0 aromatic heterocycles. The lowest BCUT2D eigenvalue weighted by Gasteiger charge is -2.16. The average Bonchev–Trinajstić information content (AvgIpc) is 2.58. The average molecular weight is 336 g/mol. The maximum Gasteiger partial charge on any atom is 0.242 e. The number of hydrogen-bond acceptors (Lipinski definition) is 4. The standard InChI is InChI=1S/C17H28N4O3/c1-5-18-17(21-13(2)12-23-3)20-11-16(22)19-10-14-6-8-15(24-4)9-7-14/h6-9,13H,5,10-12H2,1-4H3,(H,19,22)(H2,18,20,21). The number of hydrogen-bond donors (Lipinski definition) is 3. The molecule has 1 rings (SSSR count). The number of nitrogens with zero attached hydrogens (tertiary/aromatic N) is 1. The minimum Gasteiger partial charge on any atom is -0.497 e. The summed E-state index contributed by atoms with van der Waals surface area (Å²) >= 11 is 0. The number of carbonyl (C=O) groups is 1. The van der Waals surface area contributed by atoms with E-state index in [9.17, 15) is 4.79 Å². The lowest BCUT2D eigenvalue weighted by Crippen LogP contribution is -2.44. The van der Waals surface area contributed by atoms with Crippen LogP contribution in [0.1, 0.15) is 19.4 Å². The Labute approximate surface area is 143 Å². The summed E-state index contributed by atoms with van der Waals surface area (Å²) in [5.41, 5.74) is 1.01. The molecule has 0 aliphatic rings. The zero-order valence-electron chi connectivity index (χ0n) is 14.9. The van der Waals surface area contributed by atoms with Crippen LogP contribution in [0.2, 0.25) is 0 Å². The van der Waals surface area contributed by atoms with Crippen molar-refractivity contribution in [2.45, 2.75) is 26.4 Å². The molecule has 0 heterocycles. The van der Waals surface area contributed by atoms with Gasteiger partial charge in [0.15, 0.2) is 5.96 Å². The second-order valence-corrected chi connectivity index (χ2v) is 5.32. The van der Waals surface area contributed by atoms with Gasteiger partial charge in [-0.15, -0.1) is 0 Å². The van der Waals surface area contributed by atoms with Crippen LogP contribution in [-0.4, -0.2) is 51.8 Å². The SMILES string of the molecule is CCNC(=NCC(=O)NCc1ccc(OC)cc1)NC(C)COC. The van der Waals surface area contributed by atoms with Gasteiger partial charge < -0.3 is 25.4 Å². The molecule has 3 N–H and O–H groups in total. The van der Waals surface area contributed by atoms with Crippen molar-refractivity contribution >= 4 is 11.9 Å². The van der Waals surface area contributed by atoms with Gasteiger partial charge >= 0.3 is 0 Å². The summed E-state index contributed by atoms with van der Waals surface area (Å²) in [7, 11) is 3.27. The molecule has 1 aromatic rings. The highest BCUT2D eigenvalue weighted by atomic mass is 16.5. The molecule has 0 aliphatic carbocycles. The van der Waals surface area contributed by atoms with Gasteiger partial charge in [-0.05, 0) is 31.5 Å². The van der Waals surface area contributed by atoms with E-state index >= 15 is 0 Å². The molecule has 1 amide bonds. The summed E-state index contributed by atoms with van der Waals surface area (Å²) < 4.78 is 10.2. The predicted octanol–water partition coefficient (Wildman–Crippen LogP) is 0.901. The van der Waals surface area contributed by atoms with Crippen LogP contribution in [0.25, 0.3) is 0 Å². The van der Waals surface area contributed by atoms with Crippen LogP contribution in [0, 0.1) is 0 Å². The number of guanidine groups is 1. The maximum atomic E-state index is 11.9. The van der Waals surface area contributed by atoms with Gasteiger partial charge in [0.1, 0.15) is 12.3 Å². The van der Waals surface area contributed by atoms with Crippen LogP contribution < -0.4 is 20.7 Å². The third kappa shape index (κ3) is 7.82. The van der Waals surface area contributed by atoms with E-state index in [2.05, 4.69) is 20.9 Å². The van der Waals surface area contributed by atoms with Crippen molar-refractivity contribution in [2.75, 3.05) is 33.9 Å². The molecule has 0 spiro atoms. The van der Waals surface area contributed by atoms with Gasteiger partial charge in [-0.25, -0.2) is 4.99 Å². The van der Waals surface area contributed by atoms with Crippen LogP contribution in [0.5, 0.6) is 5.75 Å². The van der Waals surface area contributed by atoms with Crippen LogP contribution in [0.4, 0.5) is 0 Å². The zero-order chi connectivity index (χ0) is 17.8. The summed E-state index contributed by atoms with van der Waals surface area (Å²) in [6.45, 7) is 5.77. The first kappa shape index (κ1) is 19.8. The Balaban J connectivity index is 2.45. The highest BCUT2D eigenvalue weighted by Crippen LogP contribution is 2.10. The molecular formula is C17H28N4O3. The van der Waals surface area contributed by atoms with Gasteiger partial charge in [0.05, 0.1) is 13.7 Å². The Morgan fingerprint density at radius 1 is 1.21 bits per heavy atom. The van der Waals surface area contributed by atoms with Crippen molar-refractivity contribution in [1.82, 2.24) is 16.0 Å². The zero-order valence-corrected chi connectivity index (χ0v) is 14.9. The highest BCUT2D eigenvalue weighted by Gasteiger charge is 2.06. The largest absolute Gasteiger partial charge is 0.497 e. The van der Waals surface area contributed by atoms with Crippen molar-refractivity contribution < 1.29 is 14.3 Å². The molecule has 0 aliphatic heterocycles. The maximum absolute atomic E-state index is 11.9. The third-order valence-corrected chi connectivity index (χ3v) is 3.17. The van der Waals surface area contributed by atoms with Gasteiger partial charge in [0.2, 0.25) is 5.91 Å². The van der Waals surface area contributed by atoms with E-state index < -0.39 is 0 Å². The van der Waals surface area contributed by atoms with Crippen molar-refractivity contribution in [3.63, 3.8) is 0 Å². The monoisotopic (exact) mass is 336 g/mol. The molecule has 1 aromatic carbocycles. The number of ether oxygens (including phenoxy) is 2. The first-order valence-corrected chi connectivity index (χ1v) is 8.02. The van der Waals surface area contributed by atoms with Crippen LogP contribution in [0.15, 0.2) is 29.3 Å². The van der Waals surface area contributed by atoms with Gasteiger partial charge in [0.25, 0.3) is 0 Å². The summed E-state index contributed by atoms with van der Waals surface area (Å²) in [6.07, 6.45) is 0. The van der Waals surface area contributed by atoms with E-state index in [1.54, 1.807) is 14.2 Å². The predicted molar refractivity (Wildman–Crippen MR) is 95.3 cm³/mol. The number of methoxy groups -OCH3 is 2. The summed E-state index contributed by atoms with van der Waals surface area (Å²) in [5, 5.41) is 9.13. The molecular weight excluding hydrogens is 308 g/mol.